The Labute approximate surface area is 145 Å². The van der Waals surface area contributed by atoms with Gasteiger partial charge in [-0.15, -0.1) is 0 Å². The molecule has 1 heterocycles. The zero-order valence-corrected chi connectivity index (χ0v) is 15.6. The molecule has 1 aromatic carbocycles. The Hall–Kier alpha value is -0.490. The molecular formula is C14H13BrCl2N2OS. The zero-order chi connectivity index (χ0) is 15.7. The Kier molecular flexibility index (Phi) is 5.41. The van der Waals surface area contributed by atoms with Crippen molar-refractivity contribution in [2.45, 2.75) is 29.7 Å². The van der Waals surface area contributed by atoms with Crippen LogP contribution in [0.25, 0.3) is 0 Å². The molecule has 0 radical (unpaired) electrons. The summed E-state index contributed by atoms with van der Waals surface area (Å²) in [5.74, 6) is 0.127. The molecule has 0 aliphatic heterocycles. The van der Waals surface area contributed by atoms with E-state index in [-0.39, 0.29) is 11.5 Å². The summed E-state index contributed by atoms with van der Waals surface area (Å²) in [4.78, 5) is 12.8. The highest BCUT2D eigenvalue weighted by Gasteiger charge is 2.14. The highest BCUT2D eigenvalue weighted by Crippen LogP contribution is 2.39. The van der Waals surface area contributed by atoms with E-state index in [1.54, 1.807) is 25.2 Å². The van der Waals surface area contributed by atoms with E-state index >= 15 is 0 Å². The second-order valence-corrected chi connectivity index (χ2v) is 7.58. The Morgan fingerprint density at radius 3 is 2.33 bits per heavy atom. The molecule has 7 heteroatoms. The van der Waals surface area contributed by atoms with Gasteiger partial charge in [0.15, 0.2) is 0 Å². The monoisotopic (exact) mass is 406 g/mol. The van der Waals surface area contributed by atoms with Crippen LogP contribution in [0.1, 0.15) is 25.3 Å². The fourth-order valence-corrected chi connectivity index (χ4v) is 4.11. The van der Waals surface area contributed by atoms with Gasteiger partial charge in [-0.3, -0.25) is 4.79 Å². The van der Waals surface area contributed by atoms with Crippen molar-refractivity contribution in [1.29, 1.82) is 0 Å². The number of rotatable bonds is 3. The predicted molar refractivity (Wildman–Crippen MR) is 91.9 cm³/mol. The first kappa shape index (κ1) is 16.9. The predicted octanol–water partition coefficient (Wildman–Crippen LogP) is 5.12. The lowest BCUT2D eigenvalue weighted by Crippen LogP contribution is -2.24. The van der Waals surface area contributed by atoms with Gasteiger partial charge in [0.05, 0.1) is 14.9 Å². The smallest absolute Gasteiger partial charge is 0.268 e. The fraction of sp³-hybridized carbons (Fsp3) is 0.286. The molecule has 0 aliphatic rings. The van der Waals surface area contributed by atoms with Crippen LogP contribution in [0.5, 0.6) is 0 Å². The molecular weight excluding hydrogens is 395 g/mol. The van der Waals surface area contributed by atoms with Gasteiger partial charge in [0.2, 0.25) is 0 Å². The molecule has 0 bridgehead atoms. The van der Waals surface area contributed by atoms with Crippen molar-refractivity contribution in [1.82, 2.24) is 9.78 Å². The summed E-state index contributed by atoms with van der Waals surface area (Å²) >= 11 is 17.1. The van der Waals surface area contributed by atoms with E-state index in [2.05, 4.69) is 21.0 Å². The maximum absolute atomic E-state index is 12.0. The van der Waals surface area contributed by atoms with Gasteiger partial charge >= 0.3 is 0 Å². The third-order valence-electron chi connectivity index (χ3n) is 2.86. The van der Waals surface area contributed by atoms with Crippen LogP contribution < -0.4 is 5.56 Å². The summed E-state index contributed by atoms with van der Waals surface area (Å²) in [6, 6.07) is 5.36. The quantitative estimate of drug-likeness (QED) is 0.707. The molecule has 112 valence electrons. The molecule has 0 saturated heterocycles. The van der Waals surface area contributed by atoms with Crippen LogP contribution in [-0.2, 0) is 7.05 Å². The standard InChI is InChI=1S/C14H13BrCl2N2OS/c1-7(2)9-6-12(18-19(3)14(9)20)21-13-10(16)4-8(15)5-11(13)17/h4-7H,1-3H3. The van der Waals surface area contributed by atoms with Crippen LogP contribution in [0, 0.1) is 0 Å². The summed E-state index contributed by atoms with van der Waals surface area (Å²) in [5.41, 5.74) is 0.640. The van der Waals surface area contributed by atoms with Gasteiger partial charge in [0.1, 0.15) is 5.03 Å². The van der Waals surface area contributed by atoms with E-state index in [9.17, 15) is 4.79 Å². The van der Waals surface area contributed by atoms with Crippen molar-refractivity contribution < 1.29 is 0 Å². The van der Waals surface area contributed by atoms with Crippen LogP contribution in [0.2, 0.25) is 10.0 Å². The number of hydrogen-bond acceptors (Lipinski definition) is 3. The maximum atomic E-state index is 12.0. The summed E-state index contributed by atoms with van der Waals surface area (Å²) in [5, 5.41) is 6.03. The summed E-state index contributed by atoms with van der Waals surface area (Å²) in [6.07, 6.45) is 0. The summed E-state index contributed by atoms with van der Waals surface area (Å²) < 4.78 is 2.16. The molecule has 21 heavy (non-hydrogen) atoms. The van der Waals surface area contributed by atoms with E-state index in [4.69, 9.17) is 23.2 Å². The van der Waals surface area contributed by atoms with Gasteiger partial charge in [0.25, 0.3) is 5.56 Å². The number of hydrogen-bond donors (Lipinski definition) is 0. The number of benzene rings is 1. The van der Waals surface area contributed by atoms with Crippen molar-refractivity contribution in [2.75, 3.05) is 0 Å². The minimum absolute atomic E-state index is 0.0812. The van der Waals surface area contributed by atoms with Gasteiger partial charge in [-0.05, 0) is 24.1 Å². The van der Waals surface area contributed by atoms with Crippen molar-refractivity contribution >= 4 is 50.9 Å². The number of halogens is 3. The van der Waals surface area contributed by atoms with Gasteiger partial charge in [0, 0.05) is 17.1 Å². The van der Waals surface area contributed by atoms with Gasteiger partial charge in [-0.2, -0.15) is 5.10 Å². The van der Waals surface area contributed by atoms with Crippen molar-refractivity contribution in [3.63, 3.8) is 0 Å². The lowest BCUT2D eigenvalue weighted by Gasteiger charge is -2.11. The molecule has 0 unspecified atom stereocenters. The molecule has 0 N–H and O–H groups in total. The molecule has 0 amide bonds. The molecule has 0 spiro atoms. The topological polar surface area (TPSA) is 34.9 Å². The minimum atomic E-state index is -0.0812. The second-order valence-electron chi connectivity index (χ2n) is 4.82. The van der Waals surface area contributed by atoms with Gasteiger partial charge < -0.3 is 0 Å². The normalized spacial score (nSPS) is 11.2. The third-order valence-corrected chi connectivity index (χ3v) is 5.19. The maximum Gasteiger partial charge on any atom is 0.270 e. The highest BCUT2D eigenvalue weighted by atomic mass is 79.9. The first-order chi connectivity index (χ1) is 9.79. The Bertz CT molecular complexity index is 723. The Balaban J connectivity index is 2.48. The molecule has 2 aromatic rings. The zero-order valence-electron chi connectivity index (χ0n) is 11.7. The van der Waals surface area contributed by atoms with Crippen LogP contribution in [0.15, 0.2) is 37.4 Å². The van der Waals surface area contributed by atoms with Crippen LogP contribution >= 0.6 is 50.9 Å². The van der Waals surface area contributed by atoms with E-state index in [0.29, 0.717) is 15.1 Å². The van der Waals surface area contributed by atoms with Crippen LogP contribution in [0.4, 0.5) is 0 Å². The first-order valence-electron chi connectivity index (χ1n) is 6.20. The minimum Gasteiger partial charge on any atom is -0.268 e. The molecule has 1 aromatic heterocycles. The lowest BCUT2D eigenvalue weighted by molar-refractivity contribution is 0.642. The Morgan fingerprint density at radius 2 is 1.81 bits per heavy atom. The third kappa shape index (κ3) is 3.83. The van der Waals surface area contributed by atoms with Crippen LogP contribution in [-0.4, -0.2) is 9.78 Å². The molecule has 0 saturated carbocycles. The van der Waals surface area contributed by atoms with Gasteiger partial charge in [-0.1, -0.05) is 64.7 Å². The SMILES string of the molecule is CC(C)c1cc(Sc2c(Cl)cc(Br)cc2Cl)nn(C)c1=O. The first-order valence-corrected chi connectivity index (χ1v) is 8.56. The average molecular weight is 408 g/mol. The van der Waals surface area contributed by atoms with Crippen LogP contribution in [0.3, 0.4) is 0 Å². The van der Waals surface area contributed by atoms with E-state index < -0.39 is 0 Å². The molecule has 0 atom stereocenters. The van der Waals surface area contributed by atoms with E-state index in [1.807, 2.05) is 13.8 Å². The highest BCUT2D eigenvalue weighted by molar-refractivity contribution is 9.10. The molecule has 2 rings (SSSR count). The fourth-order valence-electron chi connectivity index (χ4n) is 1.80. The summed E-state index contributed by atoms with van der Waals surface area (Å²) in [6.45, 7) is 3.95. The molecule has 0 fully saturated rings. The van der Waals surface area contributed by atoms with Crippen molar-refractivity contribution in [3.05, 3.63) is 48.6 Å². The van der Waals surface area contributed by atoms with E-state index in [1.165, 1.54) is 16.4 Å². The second kappa shape index (κ2) is 6.73. The molecule has 3 nitrogen and oxygen atoms in total. The molecule has 0 aliphatic carbocycles. The number of nitrogens with zero attached hydrogens (tertiary/aromatic N) is 2. The summed E-state index contributed by atoms with van der Waals surface area (Å²) in [7, 11) is 1.64. The number of aromatic nitrogens is 2. The lowest BCUT2D eigenvalue weighted by atomic mass is 10.1. The number of aryl methyl sites for hydroxylation is 1. The van der Waals surface area contributed by atoms with Crippen molar-refractivity contribution in [2.24, 2.45) is 7.05 Å². The van der Waals surface area contributed by atoms with Crippen molar-refractivity contribution in [3.8, 4) is 0 Å². The Morgan fingerprint density at radius 1 is 1.24 bits per heavy atom. The average Bonchev–Trinajstić information content (AvgIpc) is 2.37. The largest absolute Gasteiger partial charge is 0.270 e. The van der Waals surface area contributed by atoms with Gasteiger partial charge in [-0.25, -0.2) is 4.68 Å². The van der Waals surface area contributed by atoms with E-state index in [0.717, 1.165) is 14.9 Å².